The summed E-state index contributed by atoms with van der Waals surface area (Å²) in [4.78, 5) is 4.69. The van der Waals surface area contributed by atoms with Gasteiger partial charge in [-0.05, 0) is 31.5 Å². The van der Waals surface area contributed by atoms with Crippen molar-refractivity contribution in [3.8, 4) is 5.75 Å². The molecule has 0 aliphatic heterocycles. The van der Waals surface area contributed by atoms with E-state index < -0.39 is 0 Å². The number of nitrogens with zero attached hydrogens (tertiary/aromatic N) is 1. The molecular weight excluding hydrogens is 260 g/mol. The Morgan fingerprint density at radius 2 is 2.11 bits per heavy atom. The van der Waals surface area contributed by atoms with Gasteiger partial charge in [0.25, 0.3) is 0 Å². The molecule has 1 aromatic carbocycles. The molecule has 0 aliphatic rings. The van der Waals surface area contributed by atoms with Crippen molar-refractivity contribution in [1.82, 2.24) is 4.98 Å². The van der Waals surface area contributed by atoms with Crippen LogP contribution in [0.2, 0.25) is 5.02 Å². The third-order valence-corrected chi connectivity index (χ3v) is 3.33. The molecule has 1 heterocycles. The van der Waals surface area contributed by atoms with Crippen LogP contribution in [-0.4, -0.2) is 18.6 Å². The van der Waals surface area contributed by atoms with Crippen LogP contribution < -0.4 is 10.1 Å². The minimum atomic E-state index is 0.697. The van der Waals surface area contributed by atoms with E-state index >= 15 is 0 Å². The molecule has 19 heavy (non-hydrogen) atoms. The molecule has 1 N–H and O–H groups in total. The van der Waals surface area contributed by atoms with Crippen LogP contribution >= 0.6 is 11.6 Å². The lowest BCUT2D eigenvalue weighted by atomic mass is 10.1. The smallest absolute Gasteiger partial charge is 0.145 e. The number of methoxy groups -OCH3 is 1. The molecule has 4 heteroatoms. The third-order valence-electron chi connectivity index (χ3n) is 3.02. The number of hydrogen-bond acceptors (Lipinski definition) is 3. The van der Waals surface area contributed by atoms with Gasteiger partial charge in [-0.2, -0.15) is 0 Å². The van der Waals surface area contributed by atoms with Gasteiger partial charge in [-0.15, -0.1) is 0 Å². The number of fused-ring (bicyclic) bond motifs is 1. The highest BCUT2D eigenvalue weighted by Crippen LogP contribution is 2.35. The average molecular weight is 279 g/mol. The van der Waals surface area contributed by atoms with Crippen molar-refractivity contribution in [2.24, 2.45) is 0 Å². The van der Waals surface area contributed by atoms with Crippen molar-refractivity contribution in [2.75, 3.05) is 19.0 Å². The van der Waals surface area contributed by atoms with E-state index in [1.165, 1.54) is 0 Å². The zero-order valence-electron chi connectivity index (χ0n) is 11.6. The van der Waals surface area contributed by atoms with Crippen molar-refractivity contribution in [3.63, 3.8) is 0 Å². The molecule has 3 nitrogen and oxygen atoms in total. The van der Waals surface area contributed by atoms with E-state index in [0.717, 1.165) is 47.4 Å². The summed E-state index contributed by atoms with van der Waals surface area (Å²) in [6.45, 7) is 5.06. The highest BCUT2D eigenvalue weighted by atomic mass is 35.5. The zero-order chi connectivity index (χ0) is 13.8. The van der Waals surface area contributed by atoms with E-state index in [-0.39, 0.29) is 0 Å². The molecule has 0 radical (unpaired) electrons. The molecule has 0 spiro atoms. The highest BCUT2D eigenvalue weighted by molar-refractivity contribution is 6.36. The molecule has 0 saturated carbocycles. The minimum absolute atomic E-state index is 0.697. The number of rotatable bonds is 5. The number of nitrogens with one attached hydrogen (secondary N) is 1. The fourth-order valence-electron chi connectivity index (χ4n) is 2.21. The topological polar surface area (TPSA) is 34.1 Å². The number of halogens is 1. The van der Waals surface area contributed by atoms with E-state index in [1.807, 2.05) is 12.1 Å². The molecule has 0 aliphatic carbocycles. The Bertz CT molecular complexity index is 584. The van der Waals surface area contributed by atoms with E-state index in [9.17, 15) is 0 Å². The normalized spacial score (nSPS) is 10.7. The van der Waals surface area contributed by atoms with Gasteiger partial charge in [-0.3, -0.25) is 0 Å². The van der Waals surface area contributed by atoms with Crippen LogP contribution in [0.25, 0.3) is 10.9 Å². The molecule has 0 amide bonds. The Morgan fingerprint density at radius 1 is 1.32 bits per heavy atom. The van der Waals surface area contributed by atoms with E-state index in [0.29, 0.717) is 5.02 Å². The van der Waals surface area contributed by atoms with E-state index in [2.05, 4.69) is 25.2 Å². The summed E-state index contributed by atoms with van der Waals surface area (Å²) in [6, 6.07) is 5.80. The second-order valence-corrected chi connectivity index (χ2v) is 4.82. The van der Waals surface area contributed by atoms with Crippen LogP contribution in [0.5, 0.6) is 5.75 Å². The van der Waals surface area contributed by atoms with Crippen LogP contribution in [0.4, 0.5) is 5.69 Å². The van der Waals surface area contributed by atoms with Crippen LogP contribution in [0, 0.1) is 0 Å². The van der Waals surface area contributed by atoms with Crippen LogP contribution in [0.3, 0.4) is 0 Å². The first-order chi connectivity index (χ1) is 9.21. The summed E-state index contributed by atoms with van der Waals surface area (Å²) in [5, 5.41) is 4.99. The molecule has 0 unspecified atom stereocenters. The summed E-state index contributed by atoms with van der Waals surface area (Å²) in [6.07, 6.45) is 2.01. The van der Waals surface area contributed by atoms with Gasteiger partial charge in [0.2, 0.25) is 0 Å². The van der Waals surface area contributed by atoms with E-state index in [4.69, 9.17) is 21.3 Å². The second kappa shape index (κ2) is 6.11. The number of aromatic nitrogens is 1. The average Bonchev–Trinajstić information content (AvgIpc) is 2.39. The number of ether oxygens (including phenoxy) is 1. The van der Waals surface area contributed by atoms with Gasteiger partial charge < -0.3 is 10.1 Å². The number of anilines is 1. The Labute approximate surface area is 118 Å². The predicted octanol–water partition coefficient (Wildman–Crippen LogP) is 4.28. The minimum Gasteiger partial charge on any atom is -0.494 e. The standard InChI is InChI=1S/C15H19ClN2O/c1-4-6-10-9-12(17-5-2)14-11(16)7-8-13(19-3)15(14)18-10/h7-9H,4-6H2,1-3H3,(H,17,18). The van der Waals surface area contributed by atoms with Crippen molar-refractivity contribution < 1.29 is 4.74 Å². The number of hydrogen-bond donors (Lipinski definition) is 1. The first kappa shape index (κ1) is 13.9. The Hall–Kier alpha value is -1.48. The lowest BCUT2D eigenvalue weighted by Crippen LogP contribution is -2.02. The Kier molecular flexibility index (Phi) is 4.48. The largest absolute Gasteiger partial charge is 0.494 e. The molecular formula is C15H19ClN2O. The summed E-state index contributed by atoms with van der Waals surface area (Å²) in [5.41, 5.74) is 2.92. The number of aryl methyl sites for hydroxylation is 1. The first-order valence-electron chi connectivity index (χ1n) is 6.61. The summed E-state index contributed by atoms with van der Waals surface area (Å²) < 4.78 is 5.40. The number of pyridine rings is 1. The van der Waals surface area contributed by atoms with Gasteiger partial charge in [0.1, 0.15) is 11.3 Å². The van der Waals surface area contributed by atoms with Gasteiger partial charge in [0.15, 0.2) is 0 Å². The van der Waals surface area contributed by atoms with Gasteiger partial charge in [0, 0.05) is 23.3 Å². The summed E-state index contributed by atoms with van der Waals surface area (Å²) >= 11 is 6.32. The van der Waals surface area contributed by atoms with Crippen LogP contribution in [0.1, 0.15) is 26.0 Å². The highest BCUT2D eigenvalue weighted by Gasteiger charge is 2.12. The zero-order valence-corrected chi connectivity index (χ0v) is 12.3. The third kappa shape index (κ3) is 2.76. The molecule has 0 atom stereocenters. The SMILES string of the molecule is CCCc1cc(NCC)c2c(Cl)ccc(OC)c2n1. The molecule has 102 valence electrons. The molecule has 0 fully saturated rings. The maximum Gasteiger partial charge on any atom is 0.145 e. The number of benzene rings is 1. The fraction of sp³-hybridized carbons (Fsp3) is 0.400. The molecule has 2 aromatic rings. The van der Waals surface area contributed by atoms with Crippen molar-refractivity contribution in [3.05, 3.63) is 28.9 Å². The van der Waals surface area contributed by atoms with Crippen LogP contribution in [0.15, 0.2) is 18.2 Å². The van der Waals surface area contributed by atoms with Crippen LogP contribution in [-0.2, 0) is 6.42 Å². The molecule has 0 saturated heterocycles. The maximum atomic E-state index is 6.32. The molecule has 2 rings (SSSR count). The van der Waals surface area contributed by atoms with Crippen molar-refractivity contribution in [2.45, 2.75) is 26.7 Å². The van der Waals surface area contributed by atoms with Crippen molar-refractivity contribution >= 4 is 28.2 Å². The summed E-state index contributed by atoms with van der Waals surface area (Å²) in [7, 11) is 1.66. The second-order valence-electron chi connectivity index (χ2n) is 4.41. The van der Waals surface area contributed by atoms with E-state index in [1.54, 1.807) is 7.11 Å². The maximum absolute atomic E-state index is 6.32. The molecule has 0 bridgehead atoms. The van der Waals surface area contributed by atoms with Crippen molar-refractivity contribution in [1.29, 1.82) is 0 Å². The Balaban J connectivity index is 2.73. The van der Waals surface area contributed by atoms with Gasteiger partial charge in [-0.1, -0.05) is 24.9 Å². The molecule has 1 aromatic heterocycles. The monoisotopic (exact) mass is 278 g/mol. The Morgan fingerprint density at radius 3 is 2.74 bits per heavy atom. The van der Waals surface area contributed by atoms with Gasteiger partial charge in [0.05, 0.1) is 12.1 Å². The summed E-state index contributed by atoms with van der Waals surface area (Å²) in [5.74, 6) is 0.761. The van der Waals surface area contributed by atoms with Gasteiger partial charge >= 0.3 is 0 Å². The predicted molar refractivity (Wildman–Crippen MR) is 81.5 cm³/mol. The lowest BCUT2D eigenvalue weighted by Gasteiger charge is -2.14. The lowest BCUT2D eigenvalue weighted by molar-refractivity contribution is 0.419. The van der Waals surface area contributed by atoms with Gasteiger partial charge in [-0.25, -0.2) is 4.98 Å². The fourth-order valence-corrected chi connectivity index (χ4v) is 2.46. The quantitative estimate of drug-likeness (QED) is 0.886. The first-order valence-corrected chi connectivity index (χ1v) is 6.99.